The fourth-order valence-corrected chi connectivity index (χ4v) is 13.1. The van der Waals surface area contributed by atoms with Crippen LogP contribution in [-0.2, 0) is 15.4 Å². The van der Waals surface area contributed by atoms with Crippen molar-refractivity contribution in [2.45, 2.75) is 132 Å². The van der Waals surface area contributed by atoms with E-state index in [9.17, 15) is 19.4 Å². The average molecular weight is 1030 g/mol. The van der Waals surface area contributed by atoms with E-state index < -0.39 is 23.8 Å². The molecule has 3 aromatic heterocycles. The zero-order valence-corrected chi connectivity index (χ0v) is 43.4. The maximum atomic E-state index is 14.6. The van der Waals surface area contributed by atoms with Crippen LogP contribution in [0, 0.1) is 11.7 Å². The number of aliphatic hydroxyl groups is 1. The number of benzene rings is 3. The second kappa shape index (κ2) is 20.5. The molecule has 396 valence electrons. The molecule has 0 spiro atoms. The van der Waals surface area contributed by atoms with Gasteiger partial charge in [0.05, 0.1) is 29.2 Å². The number of piperazine rings is 1. The molecule has 76 heavy (non-hydrogen) atoms. The van der Waals surface area contributed by atoms with Gasteiger partial charge in [0.15, 0.2) is 5.82 Å². The molecule has 4 saturated heterocycles. The predicted octanol–water partition coefficient (Wildman–Crippen LogP) is 8.29. The molecule has 1 aliphatic carbocycles. The first kappa shape index (κ1) is 49.8. The number of rotatable bonds is 12. The lowest BCUT2D eigenvalue weighted by atomic mass is 9.81. The standard InChI is InChI=1S/C58H67FN12O5/c1-34(2)53(56(74)70-33-43(72)26-50(70)55-63-58(3,76-67-55)39-16-12-36(13-17-39)44-8-4-6-10-46(44)59)52-28-47(66-75-52)37-14-18-40(19-15-37)68-24-22-35(23-25-68)38-29-61-57(62-30-38)71-41-20-21-42(71)32-69(31-41)49-27-48(64-65-54(49)60)45-9-5-7-11-51(45)73/h4-13,16-17,27-30,34-35,37,40-43,50,53,72-73H,14-15,18-26,31-33H2,1-3H3,(H2,60,65)(H,63,67)/t37?,40?,41?,42?,43-,50+,53-,58+/m1/s1. The molecule has 6 atom stereocenters. The van der Waals surface area contributed by atoms with Crippen molar-refractivity contribution in [1.82, 2.24) is 40.6 Å². The Balaban J connectivity index is 0.631. The summed E-state index contributed by atoms with van der Waals surface area (Å²) in [6.45, 7) is 9.67. The number of fused-ring (bicyclic) bond motifs is 2. The minimum absolute atomic E-state index is 0.0926. The number of nitrogens with zero attached hydrogens (tertiary/aromatic N) is 10. The van der Waals surface area contributed by atoms with E-state index in [-0.39, 0.29) is 47.9 Å². The summed E-state index contributed by atoms with van der Waals surface area (Å²) < 4.78 is 20.6. The SMILES string of the molecule is CC(C)[C@@H](C(=O)N1C[C@H](O)C[C@H]1C1=N[C@](C)(c2ccc(-c3ccccc3F)cc2)ON1)c1cc(C2CCC(N3CCC(c4cnc(N5C6CCC5CN(c5cc(-c7ccccc7O)nnc5N)C6)nc4)CC3)CC2)no1. The number of aliphatic hydroxyl groups excluding tert-OH is 1. The smallest absolute Gasteiger partial charge is 0.234 e. The van der Waals surface area contributed by atoms with Crippen molar-refractivity contribution in [1.29, 1.82) is 0 Å². The number of phenolic OH excluding ortho intramolecular Hbond substituents is 1. The predicted molar refractivity (Wildman–Crippen MR) is 287 cm³/mol. The second-order valence-electron chi connectivity index (χ2n) is 22.4. The van der Waals surface area contributed by atoms with E-state index in [0.29, 0.717) is 52.6 Å². The molecule has 5 fully saturated rings. The van der Waals surface area contributed by atoms with Crippen LogP contribution >= 0.6 is 0 Å². The van der Waals surface area contributed by atoms with Gasteiger partial charge in [-0.05, 0) is 119 Å². The number of nitrogen functional groups attached to an aromatic ring is 1. The summed E-state index contributed by atoms with van der Waals surface area (Å²) in [5.41, 5.74) is 14.5. The van der Waals surface area contributed by atoms with E-state index in [2.05, 4.69) is 47.9 Å². The number of amides is 1. The number of para-hydroxylation sites is 1. The highest BCUT2D eigenvalue weighted by atomic mass is 19.1. The maximum Gasteiger partial charge on any atom is 0.234 e. The fourth-order valence-electron chi connectivity index (χ4n) is 13.1. The van der Waals surface area contributed by atoms with Crippen molar-refractivity contribution in [2.24, 2.45) is 10.9 Å². The number of nitrogens with two attached hydrogens (primary N) is 1. The summed E-state index contributed by atoms with van der Waals surface area (Å²) in [5.74, 6) is 1.92. The Hall–Kier alpha value is -7.02. The van der Waals surface area contributed by atoms with Gasteiger partial charge < -0.3 is 40.1 Å². The Bertz CT molecular complexity index is 3070. The van der Waals surface area contributed by atoms with E-state index in [4.69, 9.17) is 30.1 Å². The number of anilines is 3. The molecular weight excluding hydrogens is 964 g/mol. The van der Waals surface area contributed by atoms with Gasteiger partial charge in [0.1, 0.15) is 29.1 Å². The zero-order valence-electron chi connectivity index (χ0n) is 43.4. The highest BCUT2D eigenvalue weighted by Gasteiger charge is 2.47. The first-order valence-electron chi connectivity index (χ1n) is 27.2. The number of halogens is 1. The highest BCUT2D eigenvalue weighted by Crippen LogP contribution is 2.42. The summed E-state index contributed by atoms with van der Waals surface area (Å²) in [4.78, 5) is 44.7. The molecule has 1 amide bonds. The Morgan fingerprint density at radius 2 is 1.51 bits per heavy atom. The van der Waals surface area contributed by atoms with Crippen LogP contribution in [0.25, 0.3) is 22.4 Å². The molecule has 12 rings (SSSR count). The van der Waals surface area contributed by atoms with E-state index >= 15 is 0 Å². The second-order valence-corrected chi connectivity index (χ2v) is 22.4. The van der Waals surface area contributed by atoms with Gasteiger partial charge in [-0.25, -0.2) is 29.7 Å². The number of carbonyl (C=O) groups excluding carboxylic acids is 1. The summed E-state index contributed by atoms with van der Waals surface area (Å²) in [6.07, 6.45) is 12.1. The number of aromatic hydroxyl groups is 1. The van der Waals surface area contributed by atoms with Crippen LogP contribution in [0.1, 0.15) is 119 Å². The molecule has 2 unspecified atom stereocenters. The van der Waals surface area contributed by atoms with E-state index in [1.165, 1.54) is 11.6 Å². The van der Waals surface area contributed by atoms with Crippen molar-refractivity contribution in [3.63, 3.8) is 0 Å². The first-order valence-corrected chi connectivity index (χ1v) is 27.2. The molecule has 5 N–H and O–H groups in total. The molecule has 6 aromatic rings. The molecule has 8 heterocycles. The van der Waals surface area contributed by atoms with E-state index in [1.54, 1.807) is 29.2 Å². The van der Waals surface area contributed by atoms with E-state index in [0.717, 1.165) is 106 Å². The van der Waals surface area contributed by atoms with Crippen molar-refractivity contribution in [3.8, 4) is 28.1 Å². The number of piperidine rings is 1. The number of aromatic nitrogens is 5. The Kier molecular flexibility index (Phi) is 13.4. The highest BCUT2D eigenvalue weighted by molar-refractivity contribution is 5.94. The third kappa shape index (κ3) is 9.52. The van der Waals surface area contributed by atoms with Gasteiger partial charge in [0.2, 0.25) is 17.6 Å². The quantitative estimate of drug-likeness (QED) is 0.0910. The van der Waals surface area contributed by atoms with Crippen LogP contribution in [-0.4, -0.2) is 120 Å². The molecule has 0 radical (unpaired) electrons. The van der Waals surface area contributed by atoms with Crippen LogP contribution in [0.3, 0.4) is 0 Å². The third-order valence-corrected chi connectivity index (χ3v) is 17.3. The molecule has 3 aromatic carbocycles. The number of β-amino-alcohol motifs (C(OH)–C–C–N with tert-alkyl or cyclic N) is 1. The first-order chi connectivity index (χ1) is 36.9. The van der Waals surface area contributed by atoms with Gasteiger partial charge >= 0.3 is 0 Å². The lowest BCUT2D eigenvalue weighted by Gasteiger charge is -2.42. The number of likely N-dealkylation sites (tertiary alicyclic amines) is 2. The molecule has 18 heteroatoms. The molecule has 17 nitrogen and oxygen atoms in total. The third-order valence-electron chi connectivity index (χ3n) is 17.3. The molecule has 6 aliphatic rings. The van der Waals surface area contributed by atoms with Gasteiger partial charge in [-0.3, -0.25) is 4.79 Å². The van der Waals surface area contributed by atoms with Gasteiger partial charge in [0.25, 0.3) is 0 Å². The number of aliphatic imine (C=N–C) groups is 1. The zero-order chi connectivity index (χ0) is 52.2. The lowest BCUT2D eigenvalue weighted by Crippen LogP contribution is -2.54. The topological polar surface area (TPSA) is 208 Å². The van der Waals surface area contributed by atoms with Crippen LogP contribution in [0.5, 0.6) is 5.75 Å². The van der Waals surface area contributed by atoms with Gasteiger partial charge in [-0.15, -0.1) is 10.2 Å². The number of carbonyl (C=O) groups is 1. The molecule has 2 bridgehead atoms. The molecular formula is C58H67FN12O5. The van der Waals surface area contributed by atoms with Crippen molar-refractivity contribution in [2.75, 3.05) is 48.3 Å². The molecule has 1 saturated carbocycles. The number of amidine groups is 1. The number of phenols is 1. The Labute approximate surface area is 442 Å². The van der Waals surface area contributed by atoms with Crippen molar-refractivity contribution >= 4 is 29.2 Å². The minimum atomic E-state index is -1.10. The Morgan fingerprint density at radius 3 is 2.21 bits per heavy atom. The Morgan fingerprint density at radius 1 is 0.829 bits per heavy atom. The lowest BCUT2D eigenvalue weighted by molar-refractivity contribution is -0.134. The maximum absolute atomic E-state index is 14.6. The summed E-state index contributed by atoms with van der Waals surface area (Å²) >= 11 is 0. The minimum Gasteiger partial charge on any atom is -0.507 e. The number of nitrogens with one attached hydrogen (secondary N) is 1. The monoisotopic (exact) mass is 1030 g/mol. The van der Waals surface area contributed by atoms with Crippen LogP contribution < -0.4 is 21.0 Å². The van der Waals surface area contributed by atoms with Gasteiger partial charge in [0, 0.05) is 85.2 Å². The van der Waals surface area contributed by atoms with Gasteiger partial charge in [-0.2, -0.15) is 0 Å². The van der Waals surface area contributed by atoms with Crippen LogP contribution in [0.4, 0.5) is 21.8 Å². The largest absolute Gasteiger partial charge is 0.507 e. The molecule has 5 aliphatic heterocycles. The van der Waals surface area contributed by atoms with Crippen LogP contribution in [0.2, 0.25) is 0 Å². The van der Waals surface area contributed by atoms with Crippen molar-refractivity contribution < 1.29 is 28.8 Å². The summed E-state index contributed by atoms with van der Waals surface area (Å²) in [6, 6.07) is 25.7. The number of hydrogen-bond donors (Lipinski definition) is 4. The number of hydroxylamine groups is 1. The van der Waals surface area contributed by atoms with Crippen molar-refractivity contribution in [3.05, 3.63) is 126 Å². The van der Waals surface area contributed by atoms with Crippen LogP contribution in [0.15, 0.2) is 107 Å². The summed E-state index contributed by atoms with van der Waals surface area (Å²) in [7, 11) is 0. The fraction of sp³-hybridized carbons (Fsp3) is 0.466. The summed E-state index contributed by atoms with van der Waals surface area (Å²) in [5, 5.41) is 34.6. The normalized spacial score (nSPS) is 26.5. The van der Waals surface area contributed by atoms with E-state index in [1.807, 2.05) is 75.4 Å². The van der Waals surface area contributed by atoms with Gasteiger partial charge in [-0.1, -0.05) is 73.6 Å². The average Bonchev–Trinajstić information content (AvgIpc) is 4.29. The number of hydrogen-bond acceptors (Lipinski definition) is 16.